The van der Waals surface area contributed by atoms with Crippen molar-refractivity contribution in [3.63, 3.8) is 0 Å². The molecule has 2 aromatic rings. The number of aryl methyl sites for hydroxylation is 2. The van der Waals surface area contributed by atoms with E-state index in [1.54, 1.807) is 0 Å². The van der Waals surface area contributed by atoms with Crippen LogP contribution in [0.4, 0.5) is 11.4 Å². The average molecular weight is 396 g/mol. The number of fused-ring (bicyclic) bond motifs is 1. The minimum absolute atomic E-state index is 0.0593. The smallest absolute Gasteiger partial charge is 0.224 e. The topological polar surface area (TPSA) is 65.0 Å². The number of amides is 1. The van der Waals surface area contributed by atoms with E-state index in [1.807, 2.05) is 18.2 Å². The number of carbonyl (C=O) groups is 1. The molecule has 6 nitrogen and oxygen atoms in total. The first-order valence-corrected chi connectivity index (χ1v) is 10.3. The Morgan fingerprint density at radius 1 is 1.07 bits per heavy atom. The summed E-state index contributed by atoms with van der Waals surface area (Å²) in [6, 6.07) is 14.3. The Morgan fingerprint density at radius 3 is 2.59 bits per heavy atom. The normalized spacial score (nSPS) is 18.1. The fraction of sp³-hybridized carbons (Fsp3) is 0.435. The second-order valence-electron chi connectivity index (χ2n) is 7.96. The number of ether oxygens (including phenoxy) is 1. The molecule has 0 radical (unpaired) electrons. The molecule has 0 aromatic heterocycles. The Morgan fingerprint density at radius 2 is 1.83 bits per heavy atom. The summed E-state index contributed by atoms with van der Waals surface area (Å²) in [5.74, 6) is 0.798. The summed E-state index contributed by atoms with van der Waals surface area (Å²) in [6.45, 7) is 6.78. The van der Waals surface area contributed by atoms with E-state index in [2.05, 4.69) is 46.3 Å². The Labute approximate surface area is 172 Å². The summed E-state index contributed by atoms with van der Waals surface area (Å²) in [7, 11) is 0. The largest absolute Gasteiger partial charge is 0.491 e. The Bertz CT molecular complexity index is 845. The molecule has 2 aromatic carbocycles. The molecule has 0 spiro atoms. The van der Waals surface area contributed by atoms with E-state index in [4.69, 9.17) is 4.74 Å². The van der Waals surface area contributed by atoms with Gasteiger partial charge in [0.25, 0.3) is 0 Å². The molecule has 1 atom stereocenters. The van der Waals surface area contributed by atoms with Crippen LogP contribution in [0.5, 0.6) is 5.75 Å². The average Bonchev–Trinajstić information content (AvgIpc) is 2.73. The monoisotopic (exact) mass is 395 g/mol. The molecule has 1 fully saturated rings. The number of rotatable bonds is 6. The van der Waals surface area contributed by atoms with Crippen molar-refractivity contribution in [2.45, 2.75) is 25.9 Å². The number of nitrogens with one attached hydrogen (secondary N) is 1. The Balaban J connectivity index is 1.22. The lowest BCUT2D eigenvalue weighted by atomic mass is 10.0. The van der Waals surface area contributed by atoms with E-state index in [0.717, 1.165) is 49.6 Å². The fourth-order valence-electron chi connectivity index (χ4n) is 3.94. The van der Waals surface area contributed by atoms with E-state index in [0.29, 0.717) is 13.0 Å². The summed E-state index contributed by atoms with van der Waals surface area (Å²) in [5, 5.41) is 13.3. The summed E-state index contributed by atoms with van der Waals surface area (Å²) in [5.41, 5.74) is 4.49. The van der Waals surface area contributed by atoms with Crippen molar-refractivity contribution in [3.8, 4) is 5.75 Å². The standard InChI is InChI=1S/C23H29N3O3/c1-17-2-5-19(6-3-17)26-12-10-25(11-13-26)15-20(27)16-29-21-7-8-22-18(14-21)4-9-23(28)24-22/h2-3,5-8,14,20,27H,4,9-13,15-16H2,1H3,(H,24,28)/t20-/m1/s1. The van der Waals surface area contributed by atoms with Gasteiger partial charge in [-0.1, -0.05) is 17.7 Å². The molecule has 29 heavy (non-hydrogen) atoms. The van der Waals surface area contributed by atoms with Gasteiger partial charge in [0.05, 0.1) is 0 Å². The van der Waals surface area contributed by atoms with E-state index < -0.39 is 6.10 Å². The third-order valence-corrected chi connectivity index (χ3v) is 5.65. The number of hydrogen-bond donors (Lipinski definition) is 2. The second-order valence-corrected chi connectivity index (χ2v) is 7.96. The molecule has 0 saturated carbocycles. The van der Waals surface area contributed by atoms with Crippen molar-refractivity contribution in [2.75, 3.05) is 49.5 Å². The maximum Gasteiger partial charge on any atom is 0.224 e. The van der Waals surface area contributed by atoms with Gasteiger partial charge < -0.3 is 20.1 Å². The van der Waals surface area contributed by atoms with Crippen molar-refractivity contribution >= 4 is 17.3 Å². The van der Waals surface area contributed by atoms with Crippen LogP contribution in [-0.4, -0.2) is 61.3 Å². The summed E-state index contributed by atoms with van der Waals surface area (Å²) in [4.78, 5) is 16.1. The number of benzene rings is 2. The molecular formula is C23H29N3O3. The quantitative estimate of drug-likeness (QED) is 0.787. The molecule has 1 saturated heterocycles. The molecule has 2 heterocycles. The molecule has 2 aliphatic heterocycles. The van der Waals surface area contributed by atoms with Crippen molar-refractivity contribution in [3.05, 3.63) is 53.6 Å². The van der Waals surface area contributed by atoms with Crippen LogP contribution in [0.2, 0.25) is 0 Å². The number of anilines is 2. The van der Waals surface area contributed by atoms with Gasteiger partial charge in [-0.05, 0) is 49.2 Å². The highest BCUT2D eigenvalue weighted by atomic mass is 16.5. The summed E-state index contributed by atoms with van der Waals surface area (Å²) < 4.78 is 5.80. The number of aliphatic hydroxyl groups excluding tert-OH is 1. The highest BCUT2D eigenvalue weighted by Gasteiger charge is 2.20. The highest BCUT2D eigenvalue weighted by Crippen LogP contribution is 2.27. The van der Waals surface area contributed by atoms with Crippen molar-refractivity contribution in [1.29, 1.82) is 0 Å². The maximum absolute atomic E-state index is 11.4. The second kappa shape index (κ2) is 8.84. The van der Waals surface area contributed by atoms with Crippen LogP contribution in [0.25, 0.3) is 0 Å². The van der Waals surface area contributed by atoms with E-state index in [9.17, 15) is 9.90 Å². The van der Waals surface area contributed by atoms with Gasteiger partial charge in [0.15, 0.2) is 0 Å². The lowest BCUT2D eigenvalue weighted by Gasteiger charge is -2.36. The first-order chi connectivity index (χ1) is 14.1. The molecule has 2 aliphatic rings. The number of carbonyl (C=O) groups excluding carboxylic acids is 1. The highest BCUT2D eigenvalue weighted by molar-refractivity contribution is 5.93. The lowest BCUT2D eigenvalue weighted by Crippen LogP contribution is -2.49. The van der Waals surface area contributed by atoms with E-state index in [1.165, 1.54) is 11.3 Å². The number of piperazine rings is 1. The predicted octanol–water partition coefficient (Wildman–Crippen LogP) is 2.44. The Kier molecular flexibility index (Phi) is 6.02. The summed E-state index contributed by atoms with van der Waals surface area (Å²) in [6.07, 6.45) is 0.705. The van der Waals surface area contributed by atoms with Gasteiger partial charge in [-0.3, -0.25) is 9.69 Å². The van der Waals surface area contributed by atoms with Crippen LogP contribution in [-0.2, 0) is 11.2 Å². The van der Waals surface area contributed by atoms with Crippen LogP contribution in [0.1, 0.15) is 17.5 Å². The van der Waals surface area contributed by atoms with Crippen molar-refractivity contribution in [2.24, 2.45) is 0 Å². The van der Waals surface area contributed by atoms with Crippen molar-refractivity contribution in [1.82, 2.24) is 4.90 Å². The maximum atomic E-state index is 11.4. The third kappa shape index (κ3) is 5.08. The lowest BCUT2D eigenvalue weighted by molar-refractivity contribution is -0.116. The fourth-order valence-corrected chi connectivity index (χ4v) is 3.94. The number of aliphatic hydroxyl groups is 1. The molecule has 154 valence electrons. The molecule has 6 heteroatoms. The zero-order valence-corrected chi connectivity index (χ0v) is 16.9. The van der Waals surface area contributed by atoms with E-state index >= 15 is 0 Å². The van der Waals surface area contributed by atoms with Gasteiger partial charge >= 0.3 is 0 Å². The third-order valence-electron chi connectivity index (χ3n) is 5.65. The molecule has 0 unspecified atom stereocenters. The first kappa shape index (κ1) is 19.7. The number of hydrogen-bond acceptors (Lipinski definition) is 5. The predicted molar refractivity (Wildman–Crippen MR) is 115 cm³/mol. The van der Waals surface area contributed by atoms with Gasteiger partial charge in [-0.2, -0.15) is 0 Å². The van der Waals surface area contributed by atoms with Gasteiger partial charge in [0, 0.05) is 50.5 Å². The molecule has 0 bridgehead atoms. The molecular weight excluding hydrogens is 366 g/mol. The van der Waals surface area contributed by atoms with Gasteiger partial charge in [-0.25, -0.2) is 0 Å². The van der Waals surface area contributed by atoms with Gasteiger partial charge in [0.1, 0.15) is 18.5 Å². The molecule has 1 amide bonds. The van der Waals surface area contributed by atoms with Crippen LogP contribution < -0.4 is 15.0 Å². The number of β-amino-alcohol motifs (C(OH)–C–C–N with tert-alkyl or cyclic N) is 1. The van der Waals surface area contributed by atoms with Crippen LogP contribution >= 0.6 is 0 Å². The van der Waals surface area contributed by atoms with E-state index in [-0.39, 0.29) is 12.5 Å². The van der Waals surface area contributed by atoms with Crippen LogP contribution in [0, 0.1) is 6.92 Å². The molecule has 2 N–H and O–H groups in total. The zero-order valence-electron chi connectivity index (χ0n) is 16.9. The van der Waals surface area contributed by atoms with Crippen LogP contribution in [0.15, 0.2) is 42.5 Å². The Hall–Kier alpha value is -2.57. The zero-order chi connectivity index (χ0) is 20.2. The molecule has 0 aliphatic carbocycles. The minimum atomic E-state index is -0.531. The van der Waals surface area contributed by atoms with Crippen LogP contribution in [0.3, 0.4) is 0 Å². The van der Waals surface area contributed by atoms with Gasteiger partial charge in [0.2, 0.25) is 5.91 Å². The van der Waals surface area contributed by atoms with Gasteiger partial charge in [-0.15, -0.1) is 0 Å². The SMILES string of the molecule is Cc1ccc(N2CCN(C[C@@H](O)COc3ccc4c(c3)CCC(=O)N4)CC2)cc1. The minimum Gasteiger partial charge on any atom is -0.491 e. The molecule has 4 rings (SSSR count). The van der Waals surface area contributed by atoms with Crippen molar-refractivity contribution < 1.29 is 14.6 Å². The number of nitrogens with zero attached hydrogens (tertiary/aromatic N) is 2. The first-order valence-electron chi connectivity index (χ1n) is 10.3. The summed E-state index contributed by atoms with van der Waals surface area (Å²) >= 11 is 0.